The van der Waals surface area contributed by atoms with Crippen LogP contribution in [-0.4, -0.2) is 77.1 Å². The maximum atomic E-state index is 16.3. The number of alkyl halides is 7. The van der Waals surface area contributed by atoms with Crippen molar-refractivity contribution in [3.05, 3.63) is 71.1 Å². The molecule has 2 aromatic heterocycles. The van der Waals surface area contributed by atoms with Crippen LogP contribution in [0.25, 0.3) is 22.6 Å². The fourth-order valence-electron chi connectivity index (χ4n) is 6.97. The number of ether oxygens (including phenoxy) is 1. The molecule has 1 unspecified atom stereocenters. The quantitative estimate of drug-likeness (QED) is 0.141. The summed E-state index contributed by atoms with van der Waals surface area (Å²) >= 11 is 6.49. The van der Waals surface area contributed by atoms with Crippen molar-refractivity contribution in [2.24, 2.45) is 10.4 Å². The highest BCUT2D eigenvalue weighted by atomic mass is 35.5. The van der Waals surface area contributed by atoms with E-state index in [2.05, 4.69) is 30.6 Å². The lowest BCUT2D eigenvalue weighted by Gasteiger charge is -2.37. The standard InChI is InChI=1S/C35H32ClF7N10O3/c1-31(2,34(38,39)40)16-33(20-6-3-18(4-7-20)24-14-45-53(50-24)21-8-9-21)27(54)51-25(15-56-30(55)49-32(11-12-32)35(41,42)43)19-5-10-23(36)22(13-19)26-44-17-46-52(26)28(37)47-29(51)48-33/h3-7,10,13-14,17,21,25,28H,8-9,11-12,15-16H2,1-2H3,(H,47,48)(H,49,55)/t25-,28?,33-/m1/s1. The van der Waals surface area contributed by atoms with Crippen LogP contribution in [0, 0.1) is 5.41 Å². The van der Waals surface area contributed by atoms with Gasteiger partial charge in [-0.05, 0) is 55.4 Å². The number of guanidine groups is 1. The topological polar surface area (TPSA) is 144 Å². The normalized spacial score (nSPS) is 24.1. The number of amides is 2. The molecular formula is C35H32ClF7N10O3. The van der Waals surface area contributed by atoms with Gasteiger partial charge in [0.25, 0.3) is 12.3 Å². The van der Waals surface area contributed by atoms with Crippen LogP contribution in [0.1, 0.15) is 75.6 Å². The zero-order valence-electron chi connectivity index (χ0n) is 29.5. The molecule has 296 valence electrons. The van der Waals surface area contributed by atoms with E-state index in [1.807, 2.05) is 5.32 Å². The summed E-state index contributed by atoms with van der Waals surface area (Å²) in [7, 11) is 0. The van der Waals surface area contributed by atoms with Gasteiger partial charge in [0.1, 0.15) is 29.7 Å². The van der Waals surface area contributed by atoms with E-state index in [0.717, 1.165) is 42.6 Å². The van der Waals surface area contributed by atoms with Gasteiger partial charge in [-0.15, -0.1) is 0 Å². The minimum Gasteiger partial charge on any atom is -0.447 e. The van der Waals surface area contributed by atoms with Crippen LogP contribution in [0.3, 0.4) is 0 Å². The molecule has 3 fully saturated rings. The number of aliphatic imine (C=N–C) groups is 1. The smallest absolute Gasteiger partial charge is 0.411 e. The molecule has 2 aliphatic heterocycles. The Morgan fingerprint density at radius 3 is 2.41 bits per heavy atom. The van der Waals surface area contributed by atoms with Crippen LogP contribution in [0.15, 0.2) is 60.0 Å². The predicted octanol–water partition coefficient (Wildman–Crippen LogP) is 7.16. The van der Waals surface area contributed by atoms with Crippen molar-refractivity contribution >= 4 is 29.6 Å². The first-order valence-corrected chi connectivity index (χ1v) is 17.8. The molecule has 2 aliphatic carbocycles. The van der Waals surface area contributed by atoms with E-state index >= 15 is 9.18 Å². The van der Waals surface area contributed by atoms with Crippen LogP contribution >= 0.6 is 11.6 Å². The predicted molar refractivity (Wildman–Crippen MR) is 183 cm³/mol. The number of halogens is 8. The van der Waals surface area contributed by atoms with E-state index in [-0.39, 0.29) is 46.4 Å². The number of carbonyl (C=O) groups excluding carboxylic acids is 2. The lowest BCUT2D eigenvalue weighted by molar-refractivity contribution is -0.218. The fraction of sp³-hybridized carbons (Fsp3) is 0.457. The van der Waals surface area contributed by atoms with Crippen LogP contribution in [0.2, 0.25) is 5.02 Å². The van der Waals surface area contributed by atoms with Gasteiger partial charge in [0, 0.05) is 11.1 Å². The highest BCUT2D eigenvalue weighted by Crippen LogP contribution is 2.51. The molecule has 13 nitrogen and oxygen atoms in total. The largest absolute Gasteiger partial charge is 0.447 e. The van der Waals surface area contributed by atoms with Gasteiger partial charge in [0.05, 0.1) is 28.7 Å². The van der Waals surface area contributed by atoms with Crippen molar-refractivity contribution in [3.8, 4) is 22.6 Å². The molecule has 56 heavy (non-hydrogen) atoms. The zero-order chi connectivity index (χ0) is 40.0. The van der Waals surface area contributed by atoms with Gasteiger partial charge in [-0.3, -0.25) is 9.69 Å². The Hall–Kier alpha value is -5.27. The molecule has 1 saturated heterocycles. The number of carbonyl (C=O) groups is 2. The number of benzene rings is 2. The fourth-order valence-corrected chi connectivity index (χ4v) is 7.17. The van der Waals surface area contributed by atoms with E-state index in [1.54, 1.807) is 23.1 Å². The molecule has 0 radical (unpaired) electrons. The van der Waals surface area contributed by atoms with Crippen LogP contribution < -0.4 is 10.6 Å². The summed E-state index contributed by atoms with van der Waals surface area (Å²) in [4.78, 5) is 38.7. The van der Waals surface area contributed by atoms with Gasteiger partial charge in [0.2, 0.25) is 5.96 Å². The number of aromatic nitrogens is 6. The lowest BCUT2D eigenvalue weighted by Crippen LogP contribution is -2.50. The number of hydrogen-bond acceptors (Lipinski definition) is 9. The highest BCUT2D eigenvalue weighted by molar-refractivity contribution is 6.33. The lowest BCUT2D eigenvalue weighted by atomic mass is 9.74. The average Bonchev–Trinajstić information content (AvgIpc) is 4.00. The Labute approximate surface area is 318 Å². The summed E-state index contributed by atoms with van der Waals surface area (Å²) in [5.41, 5.74) is -6.02. The first kappa shape index (κ1) is 37.6. The van der Waals surface area contributed by atoms with Gasteiger partial charge in [-0.2, -0.15) is 60.5 Å². The average molecular weight is 809 g/mol. The minimum atomic E-state index is -4.85. The second-order valence-corrected chi connectivity index (χ2v) is 15.4. The van der Waals surface area contributed by atoms with E-state index < -0.39 is 72.3 Å². The van der Waals surface area contributed by atoms with Crippen molar-refractivity contribution in [2.75, 3.05) is 6.61 Å². The van der Waals surface area contributed by atoms with Crippen molar-refractivity contribution < 1.29 is 45.1 Å². The summed E-state index contributed by atoms with van der Waals surface area (Å²) in [5.74, 6) is -1.73. The SMILES string of the molecule is CC(C)(C[C@]1(c2ccc(-c3cnn(C4CC4)n3)cc2)N/C2=N\C(F)n3ncnc3-c3cc(ccc3Cl)[C@@H](COC(=O)NC3(C(F)(F)F)CC3)N2C1=O)C(F)(F)F. The van der Waals surface area contributed by atoms with Crippen LogP contribution in [-0.2, 0) is 15.1 Å². The summed E-state index contributed by atoms with van der Waals surface area (Å²) < 4.78 is 108. The van der Waals surface area contributed by atoms with Crippen molar-refractivity contribution in [2.45, 2.75) is 87.9 Å². The van der Waals surface area contributed by atoms with Crippen molar-refractivity contribution in [1.29, 1.82) is 0 Å². The molecule has 2 bridgehead atoms. The number of alkyl carbamates (subject to hydrolysis) is 1. The maximum absolute atomic E-state index is 16.3. The van der Waals surface area contributed by atoms with Gasteiger partial charge in [-0.1, -0.05) is 55.8 Å². The Balaban J connectivity index is 1.24. The third-order valence-electron chi connectivity index (χ3n) is 10.6. The minimum absolute atomic E-state index is 0.0372. The van der Waals surface area contributed by atoms with E-state index in [1.165, 1.54) is 30.3 Å². The zero-order valence-corrected chi connectivity index (χ0v) is 30.3. The van der Waals surface area contributed by atoms with Gasteiger partial charge < -0.3 is 15.4 Å². The van der Waals surface area contributed by atoms with E-state index in [4.69, 9.17) is 16.3 Å². The molecule has 8 rings (SSSR count). The van der Waals surface area contributed by atoms with Gasteiger partial charge >= 0.3 is 18.4 Å². The summed E-state index contributed by atoms with van der Waals surface area (Å²) in [5, 5.41) is 17.4. The molecule has 2 saturated carbocycles. The highest BCUT2D eigenvalue weighted by Gasteiger charge is 2.65. The first-order chi connectivity index (χ1) is 26.3. The van der Waals surface area contributed by atoms with E-state index in [9.17, 15) is 31.1 Å². The van der Waals surface area contributed by atoms with E-state index in [0.29, 0.717) is 11.3 Å². The molecule has 2 amide bonds. The number of hydrogen-bond donors (Lipinski definition) is 2. The third-order valence-corrected chi connectivity index (χ3v) is 10.9. The Kier molecular flexibility index (Phi) is 8.66. The Morgan fingerprint density at radius 1 is 1.05 bits per heavy atom. The molecule has 4 aromatic rings. The monoisotopic (exact) mass is 808 g/mol. The Bertz CT molecular complexity index is 2230. The third kappa shape index (κ3) is 6.40. The number of nitrogens with one attached hydrogen (secondary N) is 2. The van der Waals surface area contributed by atoms with Gasteiger partial charge in [-0.25, -0.2) is 9.78 Å². The van der Waals surface area contributed by atoms with Gasteiger partial charge in [0.15, 0.2) is 5.82 Å². The molecule has 4 heterocycles. The maximum Gasteiger partial charge on any atom is 0.411 e. The number of fused-ring (bicyclic) bond motifs is 5. The number of nitrogens with zero attached hydrogens (tertiary/aromatic N) is 8. The Morgan fingerprint density at radius 2 is 1.77 bits per heavy atom. The summed E-state index contributed by atoms with van der Waals surface area (Å²) in [6, 6.07) is 8.87. The summed E-state index contributed by atoms with van der Waals surface area (Å²) in [6.07, 6.45) is -10.8. The second kappa shape index (κ2) is 12.9. The van der Waals surface area contributed by atoms with Crippen LogP contribution in [0.5, 0.6) is 0 Å². The van der Waals surface area contributed by atoms with Crippen molar-refractivity contribution in [1.82, 2.24) is 45.3 Å². The molecule has 0 spiro atoms. The first-order valence-electron chi connectivity index (χ1n) is 17.5. The summed E-state index contributed by atoms with van der Waals surface area (Å²) in [6.45, 7) is 0.976. The van der Waals surface area contributed by atoms with Crippen molar-refractivity contribution in [3.63, 3.8) is 0 Å². The second-order valence-electron chi connectivity index (χ2n) is 15.0. The molecule has 2 N–H and O–H groups in total. The van der Waals surface area contributed by atoms with Crippen LogP contribution in [0.4, 0.5) is 35.5 Å². The molecule has 4 aliphatic rings. The molecule has 21 heteroatoms. The molecule has 2 aromatic carbocycles. The molecular weight excluding hydrogens is 777 g/mol. The molecule has 3 atom stereocenters. The number of rotatable bonds is 8.